The van der Waals surface area contributed by atoms with Gasteiger partial charge in [-0.3, -0.25) is 9.59 Å². The molecule has 3 aromatic rings. The zero-order valence-corrected chi connectivity index (χ0v) is 17.7. The number of thiophene rings is 1. The van der Waals surface area contributed by atoms with Crippen molar-refractivity contribution in [3.8, 4) is 5.75 Å². The maximum atomic E-state index is 13.5. The molecule has 2 heterocycles. The minimum Gasteiger partial charge on any atom is -0.497 e. The first-order valence-electron chi connectivity index (χ1n) is 9.73. The molecule has 0 aliphatic carbocycles. The Kier molecular flexibility index (Phi) is 5.92. The van der Waals surface area contributed by atoms with Crippen LogP contribution in [0.25, 0.3) is 0 Å². The molecule has 1 aliphatic rings. The summed E-state index contributed by atoms with van der Waals surface area (Å²) in [4.78, 5) is 27.8. The lowest BCUT2D eigenvalue weighted by Gasteiger charge is -2.41. The van der Waals surface area contributed by atoms with Crippen LogP contribution in [0.15, 0.2) is 66.0 Å². The third kappa shape index (κ3) is 4.34. The van der Waals surface area contributed by atoms with E-state index in [1.165, 1.54) is 24.5 Å². The number of benzene rings is 2. The number of nitrogens with one attached hydrogen (secondary N) is 1. The Morgan fingerprint density at radius 2 is 1.91 bits per heavy atom. The molecule has 5 nitrogen and oxygen atoms in total. The highest BCUT2D eigenvalue weighted by molar-refractivity contribution is 7.10. The number of ether oxygens (including phenoxy) is 1. The smallest absolute Gasteiger partial charge is 0.406 e. The Bertz CT molecular complexity index is 1130. The number of anilines is 1. The molecule has 2 amide bonds. The molecule has 1 aliphatic heterocycles. The van der Waals surface area contributed by atoms with E-state index in [0.717, 1.165) is 4.90 Å². The number of rotatable bonds is 5. The van der Waals surface area contributed by atoms with Gasteiger partial charge in [0.05, 0.1) is 19.1 Å². The number of carbonyl (C=O) groups excluding carboxylic acids is 2. The van der Waals surface area contributed by atoms with E-state index < -0.39 is 36.5 Å². The van der Waals surface area contributed by atoms with Crippen molar-refractivity contribution < 1.29 is 27.5 Å². The molecule has 166 valence electrons. The van der Waals surface area contributed by atoms with Gasteiger partial charge >= 0.3 is 6.18 Å². The monoisotopic (exact) mass is 460 g/mol. The van der Waals surface area contributed by atoms with Gasteiger partial charge < -0.3 is 15.0 Å². The van der Waals surface area contributed by atoms with Crippen LogP contribution < -0.4 is 10.1 Å². The second kappa shape index (κ2) is 8.66. The number of alkyl halides is 3. The third-order valence-corrected chi connectivity index (χ3v) is 6.19. The first-order valence-corrected chi connectivity index (χ1v) is 10.6. The summed E-state index contributed by atoms with van der Waals surface area (Å²) in [6.45, 7) is -1.45. The first-order chi connectivity index (χ1) is 15.3. The van der Waals surface area contributed by atoms with Crippen LogP contribution in [0.4, 0.5) is 18.9 Å². The number of hydrogen-bond acceptors (Lipinski definition) is 4. The molecule has 1 N–H and O–H groups in total. The van der Waals surface area contributed by atoms with Gasteiger partial charge in [-0.25, -0.2) is 0 Å². The number of methoxy groups -OCH3 is 1. The molecule has 4 rings (SSSR count). The molecule has 0 bridgehead atoms. The lowest BCUT2D eigenvalue weighted by Crippen LogP contribution is -2.49. The lowest BCUT2D eigenvalue weighted by atomic mass is 9.81. The van der Waals surface area contributed by atoms with E-state index in [4.69, 9.17) is 4.74 Å². The Morgan fingerprint density at radius 1 is 1.12 bits per heavy atom. The van der Waals surface area contributed by atoms with Gasteiger partial charge in [-0.15, -0.1) is 11.3 Å². The number of carbonyl (C=O) groups is 2. The summed E-state index contributed by atoms with van der Waals surface area (Å²) in [6, 6.07) is 15.2. The standard InChI is InChI=1S/C23H19F3N2O3S/c1-31-15-7-4-6-14(12-15)27-21(29)19-16-8-2-3-9-17(16)22(30)28(13-23(24,25)26)20(19)18-10-5-11-32-18/h2-12,19-20H,13H2,1H3,(H,27,29). The fourth-order valence-corrected chi connectivity index (χ4v) is 4.81. The Labute approximate surface area is 186 Å². The highest BCUT2D eigenvalue weighted by atomic mass is 32.1. The van der Waals surface area contributed by atoms with E-state index in [-0.39, 0.29) is 5.56 Å². The second-order valence-corrected chi connectivity index (χ2v) is 8.27. The molecule has 0 fully saturated rings. The van der Waals surface area contributed by atoms with Crippen molar-refractivity contribution in [2.45, 2.75) is 18.1 Å². The summed E-state index contributed by atoms with van der Waals surface area (Å²) in [5.74, 6) is -1.77. The zero-order chi connectivity index (χ0) is 22.9. The number of nitrogens with zero attached hydrogens (tertiary/aromatic N) is 1. The molecule has 32 heavy (non-hydrogen) atoms. The van der Waals surface area contributed by atoms with Gasteiger partial charge in [0.25, 0.3) is 5.91 Å². The minimum absolute atomic E-state index is 0.0929. The van der Waals surface area contributed by atoms with Crippen LogP contribution in [0.5, 0.6) is 5.75 Å². The molecule has 0 spiro atoms. The zero-order valence-electron chi connectivity index (χ0n) is 16.9. The SMILES string of the molecule is COc1cccc(NC(=O)C2c3ccccc3C(=O)N(CC(F)(F)F)C2c2cccs2)c1. The number of hydrogen-bond donors (Lipinski definition) is 1. The van der Waals surface area contributed by atoms with Crippen LogP contribution in [-0.4, -0.2) is 36.5 Å². The van der Waals surface area contributed by atoms with E-state index >= 15 is 0 Å². The van der Waals surface area contributed by atoms with Crippen molar-refractivity contribution in [1.29, 1.82) is 0 Å². The molecule has 0 saturated carbocycles. The van der Waals surface area contributed by atoms with Gasteiger partial charge in [0.1, 0.15) is 12.3 Å². The van der Waals surface area contributed by atoms with Crippen LogP contribution in [0.1, 0.15) is 32.8 Å². The van der Waals surface area contributed by atoms with Gasteiger partial charge in [0.2, 0.25) is 5.91 Å². The summed E-state index contributed by atoms with van der Waals surface area (Å²) in [5, 5.41) is 4.50. The maximum absolute atomic E-state index is 13.5. The molecule has 2 aromatic carbocycles. The van der Waals surface area contributed by atoms with E-state index in [1.54, 1.807) is 60.0 Å². The highest BCUT2D eigenvalue weighted by Gasteiger charge is 2.48. The Hall–Kier alpha value is -3.33. The number of halogens is 3. The lowest BCUT2D eigenvalue weighted by molar-refractivity contribution is -0.148. The van der Waals surface area contributed by atoms with Gasteiger partial charge in [-0.2, -0.15) is 13.2 Å². The van der Waals surface area contributed by atoms with Crippen molar-refractivity contribution in [3.05, 3.63) is 82.0 Å². The topological polar surface area (TPSA) is 58.6 Å². The van der Waals surface area contributed by atoms with Crippen molar-refractivity contribution in [1.82, 2.24) is 4.90 Å². The van der Waals surface area contributed by atoms with Gasteiger partial charge in [-0.05, 0) is 35.2 Å². The summed E-state index contributed by atoms with van der Waals surface area (Å²) >= 11 is 1.21. The molecular weight excluding hydrogens is 441 g/mol. The summed E-state index contributed by atoms with van der Waals surface area (Å²) in [6.07, 6.45) is -4.62. The quantitative estimate of drug-likeness (QED) is 0.567. The van der Waals surface area contributed by atoms with E-state index in [9.17, 15) is 22.8 Å². The van der Waals surface area contributed by atoms with Crippen LogP contribution in [0, 0.1) is 0 Å². The van der Waals surface area contributed by atoms with Crippen molar-refractivity contribution in [3.63, 3.8) is 0 Å². The molecule has 2 atom stereocenters. The fourth-order valence-electron chi connectivity index (χ4n) is 3.94. The summed E-state index contributed by atoms with van der Waals surface area (Å²) in [7, 11) is 1.49. The Balaban J connectivity index is 1.81. The largest absolute Gasteiger partial charge is 0.497 e. The van der Waals surface area contributed by atoms with Crippen molar-refractivity contribution in [2.24, 2.45) is 0 Å². The third-order valence-electron chi connectivity index (χ3n) is 5.24. The predicted molar refractivity (Wildman–Crippen MR) is 115 cm³/mol. The maximum Gasteiger partial charge on any atom is 0.406 e. The minimum atomic E-state index is -4.62. The fraction of sp³-hybridized carbons (Fsp3) is 0.217. The van der Waals surface area contributed by atoms with Crippen LogP contribution in [0.2, 0.25) is 0 Å². The molecule has 0 radical (unpaired) electrons. The molecular formula is C23H19F3N2O3S. The van der Waals surface area contributed by atoms with Crippen LogP contribution in [0.3, 0.4) is 0 Å². The van der Waals surface area contributed by atoms with Gasteiger partial charge in [0, 0.05) is 22.2 Å². The van der Waals surface area contributed by atoms with Gasteiger partial charge in [-0.1, -0.05) is 30.3 Å². The summed E-state index contributed by atoms with van der Waals surface area (Å²) < 4.78 is 45.6. The molecule has 0 saturated heterocycles. The van der Waals surface area contributed by atoms with E-state index in [1.807, 2.05) is 0 Å². The van der Waals surface area contributed by atoms with E-state index in [2.05, 4.69) is 5.32 Å². The molecule has 9 heteroatoms. The van der Waals surface area contributed by atoms with Crippen molar-refractivity contribution in [2.75, 3.05) is 19.0 Å². The highest BCUT2D eigenvalue weighted by Crippen LogP contribution is 2.45. The Morgan fingerprint density at radius 3 is 2.59 bits per heavy atom. The average molecular weight is 460 g/mol. The predicted octanol–water partition coefficient (Wildman–Crippen LogP) is 5.24. The average Bonchev–Trinajstić information content (AvgIpc) is 3.29. The molecule has 1 aromatic heterocycles. The van der Waals surface area contributed by atoms with E-state index in [0.29, 0.717) is 21.9 Å². The normalized spacial score (nSPS) is 18.2. The van der Waals surface area contributed by atoms with Crippen LogP contribution >= 0.6 is 11.3 Å². The second-order valence-electron chi connectivity index (χ2n) is 7.29. The number of fused-ring (bicyclic) bond motifs is 1. The van der Waals surface area contributed by atoms with Crippen LogP contribution in [-0.2, 0) is 4.79 Å². The molecule has 2 unspecified atom stereocenters. The first kappa shape index (κ1) is 21.9. The van der Waals surface area contributed by atoms with Gasteiger partial charge in [0.15, 0.2) is 0 Å². The summed E-state index contributed by atoms with van der Waals surface area (Å²) in [5.41, 5.74) is 0.932. The van der Waals surface area contributed by atoms with Crippen molar-refractivity contribution >= 4 is 28.8 Å². The number of amides is 2.